The molecular weight excluding hydrogens is 194 g/mol. The predicted molar refractivity (Wildman–Crippen MR) is 70.4 cm³/mol. The summed E-state index contributed by atoms with van der Waals surface area (Å²) in [4.78, 5) is 0. The molecule has 94 valence electrons. The van der Waals surface area contributed by atoms with Gasteiger partial charge in [-0.25, -0.2) is 0 Å². The van der Waals surface area contributed by atoms with Gasteiger partial charge in [-0.2, -0.15) is 0 Å². The van der Waals surface area contributed by atoms with E-state index in [0.717, 1.165) is 35.6 Å². The van der Waals surface area contributed by atoms with Crippen LogP contribution in [0.5, 0.6) is 0 Å². The average molecular weight is 223 g/mol. The van der Waals surface area contributed by atoms with Gasteiger partial charge in [0.2, 0.25) is 0 Å². The minimum atomic E-state index is 0.791. The zero-order valence-electron chi connectivity index (χ0n) is 11.5. The van der Waals surface area contributed by atoms with Crippen LogP contribution in [0.2, 0.25) is 0 Å². The molecule has 0 radical (unpaired) electrons. The van der Waals surface area contributed by atoms with Crippen LogP contribution in [0, 0.1) is 29.6 Å². The van der Waals surface area contributed by atoms with Gasteiger partial charge in [-0.15, -0.1) is 0 Å². The Kier molecular flexibility index (Phi) is 3.94. The summed E-state index contributed by atoms with van der Waals surface area (Å²) in [5, 5.41) is 3.50. The first-order chi connectivity index (χ1) is 7.63. The first-order valence-corrected chi connectivity index (χ1v) is 7.30. The lowest BCUT2D eigenvalue weighted by Gasteiger charge is -2.37. The molecule has 6 atom stereocenters. The molecule has 0 saturated heterocycles. The van der Waals surface area contributed by atoms with E-state index in [-0.39, 0.29) is 0 Å². The maximum Gasteiger partial charge on any atom is 0.00925 e. The summed E-state index contributed by atoms with van der Waals surface area (Å²) < 4.78 is 0. The van der Waals surface area contributed by atoms with Gasteiger partial charge in [0.05, 0.1) is 0 Å². The van der Waals surface area contributed by atoms with Crippen molar-refractivity contribution < 1.29 is 0 Å². The molecule has 0 bridgehead atoms. The Morgan fingerprint density at radius 1 is 0.875 bits per heavy atom. The van der Waals surface area contributed by atoms with Crippen LogP contribution >= 0.6 is 0 Å². The second-order valence-electron chi connectivity index (χ2n) is 6.52. The third kappa shape index (κ3) is 2.30. The highest BCUT2D eigenvalue weighted by Gasteiger charge is 2.39. The molecule has 0 aromatic heterocycles. The molecule has 2 fully saturated rings. The molecule has 2 aliphatic carbocycles. The smallest absolute Gasteiger partial charge is 0.00925 e. The lowest BCUT2D eigenvalue weighted by atomic mass is 9.69. The summed E-state index contributed by atoms with van der Waals surface area (Å²) in [6.45, 7) is 7.38. The van der Waals surface area contributed by atoms with Crippen LogP contribution in [0.4, 0.5) is 0 Å². The lowest BCUT2D eigenvalue weighted by molar-refractivity contribution is 0.133. The highest BCUT2D eigenvalue weighted by Crippen LogP contribution is 2.45. The van der Waals surface area contributed by atoms with Crippen LogP contribution < -0.4 is 5.32 Å². The summed E-state index contributed by atoms with van der Waals surface area (Å²) in [7, 11) is 2.13. The van der Waals surface area contributed by atoms with Crippen LogP contribution in [0.25, 0.3) is 0 Å². The third-order valence-electron chi connectivity index (χ3n) is 5.74. The highest BCUT2D eigenvalue weighted by molar-refractivity contribution is 4.91. The van der Waals surface area contributed by atoms with Crippen LogP contribution in [-0.2, 0) is 0 Å². The van der Waals surface area contributed by atoms with Crippen molar-refractivity contribution in [3.63, 3.8) is 0 Å². The predicted octanol–water partition coefficient (Wildman–Crippen LogP) is 3.69. The normalized spacial score (nSPS) is 49.5. The van der Waals surface area contributed by atoms with E-state index in [9.17, 15) is 0 Å². The molecule has 0 spiro atoms. The van der Waals surface area contributed by atoms with Gasteiger partial charge in [-0.1, -0.05) is 27.2 Å². The molecule has 0 heterocycles. The number of nitrogens with one attached hydrogen (secondary N) is 1. The van der Waals surface area contributed by atoms with E-state index in [1.165, 1.54) is 32.1 Å². The van der Waals surface area contributed by atoms with Gasteiger partial charge >= 0.3 is 0 Å². The maximum atomic E-state index is 3.50. The van der Waals surface area contributed by atoms with Crippen LogP contribution in [0.3, 0.4) is 0 Å². The summed E-state index contributed by atoms with van der Waals surface area (Å²) in [6.07, 6.45) is 7.34. The summed E-state index contributed by atoms with van der Waals surface area (Å²) >= 11 is 0. The second-order valence-corrected chi connectivity index (χ2v) is 6.52. The van der Waals surface area contributed by atoms with Crippen LogP contribution in [0.15, 0.2) is 0 Å². The molecule has 6 unspecified atom stereocenters. The minimum Gasteiger partial charge on any atom is -0.317 e. The van der Waals surface area contributed by atoms with E-state index >= 15 is 0 Å². The summed E-state index contributed by atoms with van der Waals surface area (Å²) in [5.41, 5.74) is 0. The molecule has 1 N–H and O–H groups in total. The van der Waals surface area contributed by atoms with Crippen molar-refractivity contribution in [1.29, 1.82) is 0 Å². The molecule has 2 saturated carbocycles. The molecule has 0 aliphatic heterocycles. The Bertz CT molecular complexity index is 225. The van der Waals surface area contributed by atoms with Gasteiger partial charge in [-0.05, 0) is 62.3 Å². The fraction of sp³-hybridized carbons (Fsp3) is 1.00. The summed E-state index contributed by atoms with van der Waals surface area (Å²) in [6, 6.07) is 0.791. The topological polar surface area (TPSA) is 12.0 Å². The highest BCUT2D eigenvalue weighted by atomic mass is 14.9. The fourth-order valence-electron chi connectivity index (χ4n) is 4.25. The Labute approximate surface area is 101 Å². The van der Waals surface area contributed by atoms with Gasteiger partial charge in [0, 0.05) is 6.04 Å². The zero-order valence-corrected chi connectivity index (χ0v) is 11.5. The minimum absolute atomic E-state index is 0.791. The Morgan fingerprint density at radius 3 is 2.19 bits per heavy atom. The standard InChI is InChI=1S/C15H29N/c1-10-5-6-13(9-11(10)2)14-7-8-15(16-4)12(14)3/h10-16H,5-9H2,1-4H3. The first-order valence-electron chi connectivity index (χ1n) is 7.30. The van der Waals surface area contributed by atoms with E-state index in [1.54, 1.807) is 0 Å². The third-order valence-corrected chi connectivity index (χ3v) is 5.74. The van der Waals surface area contributed by atoms with Gasteiger partial charge < -0.3 is 5.32 Å². The SMILES string of the molecule is CNC1CCC(C2CCC(C)C(C)C2)C1C. The van der Waals surface area contributed by atoms with Crippen molar-refractivity contribution in [2.75, 3.05) is 7.05 Å². The molecule has 2 rings (SSSR count). The average Bonchev–Trinajstić information content (AvgIpc) is 2.64. The van der Waals surface area contributed by atoms with Crippen molar-refractivity contribution in [2.24, 2.45) is 29.6 Å². The van der Waals surface area contributed by atoms with Crippen molar-refractivity contribution in [3.8, 4) is 0 Å². The van der Waals surface area contributed by atoms with Crippen molar-refractivity contribution in [2.45, 2.75) is 58.9 Å². The zero-order chi connectivity index (χ0) is 11.7. The van der Waals surface area contributed by atoms with Crippen molar-refractivity contribution in [1.82, 2.24) is 5.32 Å². The molecule has 0 amide bonds. The van der Waals surface area contributed by atoms with E-state index in [1.807, 2.05) is 0 Å². The van der Waals surface area contributed by atoms with Gasteiger partial charge in [0.15, 0.2) is 0 Å². The van der Waals surface area contributed by atoms with Crippen LogP contribution in [-0.4, -0.2) is 13.1 Å². The number of hydrogen-bond acceptors (Lipinski definition) is 1. The van der Waals surface area contributed by atoms with E-state index < -0.39 is 0 Å². The van der Waals surface area contributed by atoms with E-state index in [0.29, 0.717) is 0 Å². The van der Waals surface area contributed by atoms with E-state index in [4.69, 9.17) is 0 Å². The Morgan fingerprint density at radius 2 is 1.62 bits per heavy atom. The van der Waals surface area contributed by atoms with Gasteiger partial charge in [-0.3, -0.25) is 0 Å². The van der Waals surface area contributed by atoms with Crippen molar-refractivity contribution >= 4 is 0 Å². The largest absolute Gasteiger partial charge is 0.317 e. The summed E-state index contributed by atoms with van der Waals surface area (Å²) in [5.74, 6) is 4.86. The number of hydrogen-bond donors (Lipinski definition) is 1. The second kappa shape index (κ2) is 5.08. The maximum absolute atomic E-state index is 3.50. The molecular formula is C15H29N. The quantitative estimate of drug-likeness (QED) is 0.753. The molecule has 1 nitrogen and oxygen atoms in total. The van der Waals surface area contributed by atoms with Crippen LogP contribution in [0.1, 0.15) is 52.9 Å². The number of rotatable bonds is 2. The fourth-order valence-corrected chi connectivity index (χ4v) is 4.25. The first kappa shape index (κ1) is 12.4. The molecule has 16 heavy (non-hydrogen) atoms. The monoisotopic (exact) mass is 223 g/mol. The van der Waals surface area contributed by atoms with E-state index in [2.05, 4.69) is 33.1 Å². The molecule has 2 aliphatic rings. The van der Waals surface area contributed by atoms with Gasteiger partial charge in [0.25, 0.3) is 0 Å². The lowest BCUT2D eigenvalue weighted by Crippen LogP contribution is -2.33. The van der Waals surface area contributed by atoms with Gasteiger partial charge in [0.1, 0.15) is 0 Å². The molecule has 1 heteroatoms. The Hall–Kier alpha value is -0.0400. The molecule has 0 aromatic carbocycles. The van der Waals surface area contributed by atoms with Crippen molar-refractivity contribution in [3.05, 3.63) is 0 Å². The molecule has 0 aromatic rings. The Balaban J connectivity index is 1.93.